The van der Waals surface area contributed by atoms with Crippen molar-refractivity contribution in [2.24, 2.45) is 0 Å². The van der Waals surface area contributed by atoms with Gasteiger partial charge in [-0.15, -0.1) is 0 Å². The van der Waals surface area contributed by atoms with Crippen molar-refractivity contribution in [2.75, 3.05) is 0 Å². The summed E-state index contributed by atoms with van der Waals surface area (Å²) in [4.78, 5) is 27.1. The topological polar surface area (TPSA) is 72.2 Å². The van der Waals surface area contributed by atoms with E-state index in [1.165, 1.54) is 23.6 Å². The van der Waals surface area contributed by atoms with Crippen molar-refractivity contribution in [3.05, 3.63) is 53.8 Å². The number of aliphatic carboxylic acids is 1. The van der Waals surface area contributed by atoms with Crippen molar-refractivity contribution in [1.82, 2.24) is 9.55 Å². The summed E-state index contributed by atoms with van der Waals surface area (Å²) in [6.45, 7) is 1.18. The number of hydrogen-bond acceptors (Lipinski definition) is 3. The molecule has 6 heteroatoms. The Hall–Kier alpha value is -3.02. The van der Waals surface area contributed by atoms with Crippen LogP contribution in [0.15, 0.2) is 42.5 Å². The molecule has 3 aromatic rings. The number of benzene rings is 2. The Morgan fingerprint density at radius 1 is 1.17 bits per heavy atom. The lowest BCUT2D eigenvalue weighted by atomic mass is 10.1. The van der Waals surface area contributed by atoms with E-state index in [1.807, 2.05) is 0 Å². The average molecular weight is 312 g/mol. The van der Waals surface area contributed by atoms with Crippen LogP contribution in [0.5, 0.6) is 0 Å². The molecule has 5 nitrogen and oxygen atoms in total. The quantitative estimate of drug-likeness (QED) is 0.751. The molecule has 0 aliphatic carbocycles. The van der Waals surface area contributed by atoms with Gasteiger partial charge in [0.2, 0.25) is 0 Å². The Bertz CT molecular complexity index is 913. The van der Waals surface area contributed by atoms with E-state index in [4.69, 9.17) is 5.11 Å². The number of aromatic nitrogens is 2. The number of Topliss-reactive ketones (excluding diaryl/α,β-unsaturated/α-hetero) is 1. The Labute approximate surface area is 131 Å². The highest BCUT2D eigenvalue weighted by Gasteiger charge is 2.16. The van der Waals surface area contributed by atoms with E-state index in [-0.39, 0.29) is 18.1 Å². The maximum Gasteiger partial charge on any atom is 0.323 e. The van der Waals surface area contributed by atoms with Crippen LogP contribution < -0.4 is 0 Å². The van der Waals surface area contributed by atoms with Gasteiger partial charge in [-0.05, 0) is 49.4 Å². The van der Waals surface area contributed by atoms with E-state index in [9.17, 15) is 14.0 Å². The van der Waals surface area contributed by atoms with Gasteiger partial charge in [0.15, 0.2) is 5.78 Å². The lowest BCUT2D eigenvalue weighted by Crippen LogP contribution is -2.10. The van der Waals surface area contributed by atoms with Crippen LogP contribution >= 0.6 is 0 Å². The van der Waals surface area contributed by atoms with Crippen LogP contribution in [-0.4, -0.2) is 26.4 Å². The summed E-state index contributed by atoms with van der Waals surface area (Å²) in [7, 11) is 0. The second kappa shape index (κ2) is 5.64. The van der Waals surface area contributed by atoms with E-state index in [0.29, 0.717) is 28.0 Å². The lowest BCUT2D eigenvalue weighted by Gasteiger charge is -2.06. The van der Waals surface area contributed by atoms with Gasteiger partial charge in [0.05, 0.1) is 11.0 Å². The van der Waals surface area contributed by atoms with Gasteiger partial charge in [-0.2, -0.15) is 0 Å². The van der Waals surface area contributed by atoms with E-state index >= 15 is 0 Å². The van der Waals surface area contributed by atoms with Crippen LogP contribution in [0, 0.1) is 5.82 Å². The molecule has 2 aromatic carbocycles. The summed E-state index contributed by atoms with van der Waals surface area (Å²) in [5.41, 5.74) is 2.24. The third-order valence-corrected chi connectivity index (χ3v) is 3.55. The van der Waals surface area contributed by atoms with E-state index in [2.05, 4.69) is 4.98 Å². The molecule has 0 saturated heterocycles. The molecule has 0 atom stereocenters. The molecular weight excluding hydrogens is 299 g/mol. The van der Waals surface area contributed by atoms with Crippen LogP contribution in [0.1, 0.15) is 17.3 Å². The van der Waals surface area contributed by atoms with Crippen molar-refractivity contribution >= 4 is 22.8 Å². The lowest BCUT2D eigenvalue weighted by molar-refractivity contribution is -0.137. The Morgan fingerprint density at radius 2 is 1.87 bits per heavy atom. The molecule has 0 radical (unpaired) electrons. The summed E-state index contributed by atoms with van der Waals surface area (Å²) in [6.07, 6.45) is 0. The van der Waals surface area contributed by atoms with Crippen molar-refractivity contribution in [2.45, 2.75) is 13.5 Å². The predicted octanol–water partition coefficient (Wildman–Crippen LogP) is 3.13. The van der Waals surface area contributed by atoms with Crippen molar-refractivity contribution in [1.29, 1.82) is 0 Å². The molecule has 0 amide bonds. The highest BCUT2D eigenvalue weighted by molar-refractivity contribution is 5.97. The van der Waals surface area contributed by atoms with Crippen LogP contribution in [0.25, 0.3) is 22.4 Å². The standard InChI is InChI=1S/C17H13FN2O3/c1-10(21)12-4-7-15-14(8-12)19-17(20(15)9-16(22)23)11-2-5-13(18)6-3-11/h2-8H,9H2,1H3,(H,22,23). The van der Waals surface area contributed by atoms with Crippen LogP contribution in [0.2, 0.25) is 0 Å². The first-order valence-electron chi connectivity index (χ1n) is 6.94. The molecule has 0 spiro atoms. The third kappa shape index (κ3) is 2.83. The van der Waals surface area contributed by atoms with Crippen LogP contribution in [0.3, 0.4) is 0 Å². The fraction of sp³-hybridized carbons (Fsp3) is 0.118. The number of ketones is 1. The SMILES string of the molecule is CC(=O)c1ccc2c(c1)nc(-c1ccc(F)cc1)n2CC(=O)O. The summed E-state index contributed by atoms with van der Waals surface area (Å²) >= 11 is 0. The minimum absolute atomic E-state index is 0.0944. The maximum absolute atomic E-state index is 13.1. The van der Waals surface area contributed by atoms with E-state index in [1.54, 1.807) is 30.3 Å². The number of rotatable bonds is 4. The average Bonchev–Trinajstić information content (AvgIpc) is 2.85. The molecule has 0 aliphatic rings. The molecule has 0 unspecified atom stereocenters. The van der Waals surface area contributed by atoms with Gasteiger partial charge in [0, 0.05) is 11.1 Å². The number of hydrogen-bond donors (Lipinski definition) is 1. The summed E-state index contributed by atoms with van der Waals surface area (Å²) in [6, 6.07) is 10.6. The first-order valence-corrected chi connectivity index (χ1v) is 6.94. The highest BCUT2D eigenvalue weighted by Crippen LogP contribution is 2.26. The Balaban J connectivity index is 2.24. The molecule has 116 valence electrons. The second-order valence-electron chi connectivity index (χ2n) is 5.18. The highest BCUT2D eigenvalue weighted by atomic mass is 19.1. The fourth-order valence-electron chi connectivity index (χ4n) is 2.46. The monoisotopic (exact) mass is 312 g/mol. The predicted molar refractivity (Wildman–Crippen MR) is 82.8 cm³/mol. The zero-order chi connectivity index (χ0) is 16.6. The zero-order valence-electron chi connectivity index (χ0n) is 12.3. The van der Waals surface area contributed by atoms with Gasteiger partial charge < -0.3 is 9.67 Å². The van der Waals surface area contributed by atoms with E-state index < -0.39 is 5.97 Å². The first kappa shape index (κ1) is 14.9. The normalized spacial score (nSPS) is 10.9. The number of fused-ring (bicyclic) bond motifs is 1. The summed E-state index contributed by atoms with van der Waals surface area (Å²) in [5, 5.41) is 9.14. The molecule has 1 heterocycles. The van der Waals surface area contributed by atoms with Crippen molar-refractivity contribution in [3.63, 3.8) is 0 Å². The third-order valence-electron chi connectivity index (χ3n) is 3.55. The Morgan fingerprint density at radius 3 is 2.48 bits per heavy atom. The molecule has 0 aliphatic heterocycles. The summed E-state index contributed by atoms with van der Waals surface area (Å²) in [5.74, 6) is -1.07. The van der Waals surface area contributed by atoms with Crippen molar-refractivity contribution < 1.29 is 19.1 Å². The molecule has 1 aromatic heterocycles. The number of carbonyl (C=O) groups excluding carboxylic acids is 1. The largest absolute Gasteiger partial charge is 0.480 e. The molecule has 0 fully saturated rings. The number of carboxylic acid groups (broad SMARTS) is 1. The maximum atomic E-state index is 13.1. The zero-order valence-corrected chi connectivity index (χ0v) is 12.3. The molecule has 0 bridgehead atoms. The van der Waals surface area contributed by atoms with Gasteiger partial charge in [-0.25, -0.2) is 9.37 Å². The van der Waals surface area contributed by atoms with Gasteiger partial charge >= 0.3 is 5.97 Å². The number of carbonyl (C=O) groups is 2. The van der Waals surface area contributed by atoms with Crippen molar-refractivity contribution in [3.8, 4) is 11.4 Å². The number of carboxylic acids is 1. The van der Waals surface area contributed by atoms with Gasteiger partial charge in [0.25, 0.3) is 0 Å². The molecule has 0 saturated carbocycles. The van der Waals surface area contributed by atoms with Gasteiger partial charge in [-0.3, -0.25) is 9.59 Å². The number of imidazole rings is 1. The van der Waals surface area contributed by atoms with Crippen LogP contribution in [0.4, 0.5) is 4.39 Å². The molecule has 1 N–H and O–H groups in total. The summed E-state index contributed by atoms with van der Waals surface area (Å²) < 4.78 is 14.6. The Kier molecular flexibility index (Phi) is 3.65. The van der Waals surface area contributed by atoms with E-state index in [0.717, 1.165) is 0 Å². The number of halogens is 1. The van der Waals surface area contributed by atoms with Gasteiger partial charge in [0.1, 0.15) is 18.2 Å². The minimum atomic E-state index is -1.01. The second-order valence-corrected chi connectivity index (χ2v) is 5.18. The molecule has 23 heavy (non-hydrogen) atoms. The molecule has 3 rings (SSSR count). The van der Waals surface area contributed by atoms with Crippen LogP contribution in [-0.2, 0) is 11.3 Å². The smallest absolute Gasteiger partial charge is 0.323 e. The minimum Gasteiger partial charge on any atom is -0.480 e. The fourth-order valence-corrected chi connectivity index (χ4v) is 2.46. The first-order chi connectivity index (χ1) is 11.0. The van der Waals surface area contributed by atoms with Gasteiger partial charge in [-0.1, -0.05) is 0 Å². The number of nitrogens with zero attached hydrogens (tertiary/aromatic N) is 2. The molecular formula is C17H13FN2O3.